The summed E-state index contributed by atoms with van der Waals surface area (Å²) in [7, 11) is 0. The molecular formula is C6H11FO6. The molecule has 0 aromatic heterocycles. The minimum atomic E-state index is -2.42. The van der Waals surface area contributed by atoms with Crippen LogP contribution in [0.4, 0.5) is 4.39 Å². The van der Waals surface area contributed by atoms with Crippen molar-refractivity contribution in [1.82, 2.24) is 0 Å². The van der Waals surface area contributed by atoms with Gasteiger partial charge in [0.25, 0.3) is 0 Å². The van der Waals surface area contributed by atoms with Gasteiger partial charge in [-0.2, -0.15) is 4.39 Å². The summed E-state index contributed by atoms with van der Waals surface area (Å²) in [6.07, 6.45) is -8.32. The minimum Gasteiger partial charge on any atom is -0.394 e. The summed E-state index contributed by atoms with van der Waals surface area (Å²) in [6.45, 7) is -0.884. The van der Waals surface area contributed by atoms with Gasteiger partial charge in [-0.25, -0.2) is 0 Å². The van der Waals surface area contributed by atoms with Crippen molar-refractivity contribution in [1.29, 1.82) is 0 Å². The van der Waals surface area contributed by atoms with Gasteiger partial charge in [0.05, 0.1) is 6.61 Å². The molecule has 0 aliphatic heterocycles. The topological polar surface area (TPSA) is 118 Å². The van der Waals surface area contributed by atoms with Crippen LogP contribution in [0.2, 0.25) is 0 Å². The molecule has 4 atom stereocenters. The van der Waals surface area contributed by atoms with Crippen molar-refractivity contribution in [2.24, 2.45) is 0 Å². The zero-order chi connectivity index (χ0) is 10.6. The van der Waals surface area contributed by atoms with Gasteiger partial charge in [-0.3, -0.25) is 4.79 Å². The van der Waals surface area contributed by atoms with E-state index in [0.717, 1.165) is 0 Å². The number of aliphatic hydroxyl groups is 5. The number of aliphatic hydroxyl groups excluding tert-OH is 5. The molecule has 0 aliphatic rings. The predicted molar refractivity (Wildman–Crippen MR) is 37.2 cm³/mol. The summed E-state index contributed by atoms with van der Waals surface area (Å²) >= 11 is 0. The summed E-state index contributed by atoms with van der Waals surface area (Å²) in [5, 5.41) is 43.3. The molecule has 0 saturated carbocycles. The van der Waals surface area contributed by atoms with Crippen LogP contribution in [0.5, 0.6) is 0 Å². The highest BCUT2D eigenvalue weighted by Crippen LogP contribution is 2.06. The lowest BCUT2D eigenvalue weighted by Crippen LogP contribution is -2.47. The quantitative estimate of drug-likeness (QED) is 0.299. The fraction of sp³-hybridized carbons (Fsp3) is 0.833. The van der Waals surface area contributed by atoms with E-state index < -0.39 is 37.1 Å². The Balaban J connectivity index is 4.24. The van der Waals surface area contributed by atoms with Crippen LogP contribution in [0.15, 0.2) is 0 Å². The Morgan fingerprint density at radius 1 is 1.15 bits per heavy atom. The highest BCUT2D eigenvalue weighted by atomic mass is 19.1. The van der Waals surface area contributed by atoms with Gasteiger partial charge in [0.2, 0.25) is 0 Å². The molecule has 4 unspecified atom stereocenters. The number of hydrogen-bond acceptors (Lipinski definition) is 6. The van der Waals surface area contributed by atoms with Gasteiger partial charge in [-0.05, 0) is 0 Å². The highest BCUT2D eigenvalue weighted by molar-refractivity contribution is 5.73. The van der Waals surface area contributed by atoms with Crippen LogP contribution < -0.4 is 0 Å². The normalized spacial score (nSPS) is 20.5. The molecule has 6 nitrogen and oxygen atoms in total. The van der Waals surface area contributed by atoms with Gasteiger partial charge in [-0.1, -0.05) is 0 Å². The average Bonchev–Trinajstić information content (AvgIpc) is 2.12. The molecular weight excluding hydrogens is 187 g/mol. The van der Waals surface area contributed by atoms with Gasteiger partial charge < -0.3 is 25.5 Å². The van der Waals surface area contributed by atoms with Gasteiger partial charge in [0.15, 0.2) is 6.10 Å². The molecule has 0 aliphatic carbocycles. The lowest BCUT2D eigenvalue weighted by atomic mass is 10.0. The van der Waals surface area contributed by atoms with Crippen LogP contribution in [0, 0.1) is 0 Å². The lowest BCUT2D eigenvalue weighted by molar-refractivity contribution is -0.156. The molecule has 0 spiro atoms. The summed E-state index contributed by atoms with van der Waals surface area (Å²) in [5.74, 6) is 0. The Morgan fingerprint density at radius 2 is 1.62 bits per heavy atom. The van der Waals surface area contributed by atoms with E-state index in [4.69, 9.17) is 25.5 Å². The van der Waals surface area contributed by atoms with E-state index in [-0.39, 0.29) is 0 Å². The number of carbonyl (C=O) groups is 1. The molecule has 0 bridgehead atoms. The molecule has 0 aromatic carbocycles. The average molecular weight is 198 g/mol. The fourth-order valence-electron chi connectivity index (χ4n) is 0.657. The van der Waals surface area contributed by atoms with Crippen molar-refractivity contribution in [3.8, 4) is 0 Å². The van der Waals surface area contributed by atoms with E-state index >= 15 is 0 Å². The molecule has 0 aromatic rings. The van der Waals surface area contributed by atoms with Crippen LogP contribution in [-0.4, -0.2) is 62.6 Å². The Kier molecular flexibility index (Phi) is 4.96. The van der Waals surface area contributed by atoms with Crippen LogP contribution in [0.1, 0.15) is 0 Å². The Bertz CT molecular complexity index is 175. The molecule has 0 radical (unpaired) electrons. The molecule has 7 heteroatoms. The first-order valence-electron chi connectivity index (χ1n) is 3.44. The zero-order valence-electron chi connectivity index (χ0n) is 6.54. The predicted octanol–water partition coefficient (Wildman–Crippen LogP) is -3.08. The molecule has 0 rings (SSSR count). The standard InChI is InChI=1S/C6H11FO6/c7-6(13)5(12)4(11)3(10)2(9)1-8/h2-5,8-12H,1H2. The third-order valence-corrected chi connectivity index (χ3v) is 1.49. The number of hydrogen-bond donors (Lipinski definition) is 5. The maximum atomic E-state index is 11.8. The maximum absolute atomic E-state index is 11.8. The van der Waals surface area contributed by atoms with Crippen LogP contribution in [0.3, 0.4) is 0 Å². The summed E-state index contributed by atoms with van der Waals surface area (Å²) in [5.41, 5.74) is 0. The van der Waals surface area contributed by atoms with Gasteiger partial charge in [-0.15, -0.1) is 0 Å². The number of carbonyl (C=O) groups excluding carboxylic acids is 1. The van der Waals surface area contributed by atoms with Gasteiger partial charge in [0.1, 0.15) is 18.3 Å². The molecule has 78 valence electrons. The van der Waals surface area contributed by atoms with Crippen molar-refractivity contribution in [2.45, 2.75) is 24.4 Å². The minimum absolute atomic E-state index is 0.884. The molecule has 0 amide bonds. The molecule has 0 fully saturated rings. The second-order valence-corrected chi connectivity index (χ2v) is 2.48. The third-order valence-electron chi connectivity index (χ3n) is 1.49. The molecule has 0 heterocycles. The third kappa shape index (κ3) is 3.33. The zero-order valence-corrected chi connectivity index (χ0v) is 6.54. The summed E-state index contributed by atoms with van der Waals surface area (Å²) in [4.78, 5) is 9.87. The van der Waals surface area contributed by atoms with E-state index in [0.29, 0.717) is 0 Å². The van der Waals surface area contributed by atoms with Crippen LogP contribution >= 0.6 is 0 Å². The lowest BCUT2D eigenvalue weighted by Gasteiger charge is -2.22. The monoisotopic (exact) mass is 198 g/mol. The van der Waals surface area contributed by atoms with Gasteiger partial charge >= 0.3 is 6.04 Å². The van der Waals surface area contributed by atoms with Crippen molar-refractivity contribution >= 4 is 6.04 Å². The highest BCUT2D eigenvalue weighted by Gasteiger charge is 2.34. The van der Waals surface area contributed by atoms with E-state index in [2.05, 4.69) is 0 Å². The van der Waals surface area contributed by atoms with Crippen LogP contribution in [-0.2, 0) is 4.79 Å². The summed E-state index contributed by atoms with van der Waals surface area (Å²) < 4.78 is 11.8. The Morgan fingerprint density at radius 3 is 1.92 bits per heavy atom. The van der Waals surface area contributed by atoms with Crippen molar-refractivity contribution < 1.29 is 34.7 Å². The first-order chi connectivity index (χ1) is 5.91. The first kappa shape index (κ1) is 12.4. The number of rotatable bonds is 5. The smallest absolute Gasteiger partial charge is 0.332 e. The SMILES string of the molecule is O=C(F)C(O)C(O)C(O)C(O)CO. The first-order valence-corrected chi connectivity index (χ1v) is 3.44. The van der Waals surface area contributed by atoms with Crippen molar-refractivity contribution in [3.63, 3.8) is 0 Å². The van der Waals surface area contributed by atoms with Crippen molar-refractivity contribution in [2.75, 3.05) is 6.61 Å². The Hall–Kier alpha value is -0.600. The van der Waals surface area contributed by atoms with E-state index in [1.807, 2.05) is 0 Å². The second kappa shape index (κ2) is 5.20. The molecule has 5 N–H and O–H groups in total. The van der Waals surface area contributed by atoms with E-state index in [1.54, 1.807) is 0 Å². The largest absolute Gasteiger partial charge is 0.394 e. The maximum Gasteiger partial charge on any atom is 0.332 e. The van der Waals surface area contributed by atoms with Crippen LogP contribution in [0.25, 0.3) is 0 Å². The fourth-order valence-corrected chi connectivity index (χ4v) is 0.657. The second-order valence-electron chi connectivity index (χ2n) is 2.48. The van der Waals surface area contributed by atoms with Gasteiger partial charge in [0, 0.05) is 0 Å². The van der Waals surface area contributed by atoms with E-state index in [1.165, 1.54) is 0 Å². The molecule has 13 heavy (non-hydrogen) atoms. The molecule has 0 saturated heterocycles. The van der Waals surface area contributed by atoms with Crippen molar-refractivity contribution in [3.05, 3.63) is 0 Å². The Labute approximate surface area is 72.9 Å². The number of halogens is 1. The van der Waals surface area contributed by atoms with E-state index in [9.17, 15) is 9.18 Å². The summed E-state index contributed by atoms with van der Waals surface area (Å²) in [6, 6.07) is -2.23.